The van der Waals surface area contributed by atoms with Crippen molar-refractivity contribution in [3.05, 3.63) is 12.7 Å². The Balaban J connectivity index is 2.29. The van der Waals surface area contributed by atoms with Crippen LogP contribution < -0.4 is 5.32 Å². The van der Waals surface area contributed by atoms with E-state index < -0.39 is 29.2 Å². The Morgan fingerprint density at radius 1 is 1.38 bits per heavy atom. The molecule has 0 aromatic heterocycles. The van der Waals surface area contributed by atoms with Crippen LogP contribution in [0.1, 0.15) is 60.3 Å². The van der Waals surface area contributed by atoms with Crippen molar-refractivity contribution in [3.8, 4) is 6.07 Å². The molecule has 1 aliphatic heterocycles. The first-order valence-corrected chi connectivity index (χ1v) is 9.39. The molecule has 26 heavy (non-hydrogen) atoms. The number of amides is 2. The molecular weight excluding hydrogens is 330 g/mol. The minimum absolute atomic E-state index is 0.0444. The Labute approximate surface area is 156 Å². The number of carbonyl (C=O) groups excluding carboxylic acids is 2. The van der Waals surface area contributed by atoms with Crippen LogP contribution in [-0.2, 0) is 9.53 Å². The van der Waals surface area contributed by atoms with E-state index in [-0.39, 0.29) is 17.9 Å². The van der Waals surface area contributed by atoms with Crippen LogP contribution in [0.15, 0.2) is 12.7 Å². The first-order valence-electron chi connectivity index (χ1n) is 9.39. The quantitative estimate of drug-likeness (QED) is 0.778. The fourth-order valence-corrected chi connectivity index (χ4v) is 3.91. The summed E-state index contributed by atoms with van der Waals surface area (Å²) in [5.74, 6) is 0.0331. The highest BCUT2D eigenvalue weighted by atomic mass is 16.6. The summed E-state index contributed by atoms with van der Waals surface area (Å²) in [6.45, 7) is 13.3. The monoisotopic (exact) mass is 361 g/mol. The van der Waals surface area contributed by atoms with Crippen LogP contribution in [0, 0.1) is 22.7 Å². The predicted molar refractivity (Wildman–Crippen MR) is 99.1 cm³/mol. The lowest BCUT2D eigenvalue weighted by atomic mass is 9.63. The maximum absolute atomic E-state index is 13.4. The Morgan fingerprint density at radius 3 is 2.42 bits per heavy atom. The van der Waals surface area contributed by atoms with Crippen molar-refractivity contribution < 1.29 is 14.3 Å². The van der Waals surface area contributed by atoms with Crippen molar-refractivity contribution in [2.45, 2.75) is 84.0 Å². The van der Waals surface area contributed by atoms with Gasteiger partial charge in [0.05, 0.1) is 6.07 Å². The molecule has 0 spiro atoms. The lowest BCUT2D eigenvalue weighted by molar-refractivity contribution is -0.139. The van der Waals surface area contributed by atoms with Gasteiger partial charge in [-0.15, -0.1) is 6.58 Å². The molecule has 1 N–H and O–H groups in total. The molecule has 1 unspecified atom stereocenters. The van der Waals surface area contributed by atoms with E-state index in [0.29, 0.717) is 6.42 Å². The molecule has 2 amide bonds. The number of hydrogen-bond acceptors (Lipinski definition) is 4. The fraction of sp³-hybridized carbons (Fsp3) is 0.750. The van der Waals surface area contributed by atoms with Gasteiger partial charge in [-0.1, -0.05) is 19.4 Å². The van der Waals surface area contributed by atoms with Crippen LogP contribution in [0.5, 0.6) is 0 Å². The summed E-state index contributed by atoms with van der Waals surface area (Å²) in [5.41, 5.74) is -1.12. The Bertz CT molecular complexity index is 613. The van der Waals surface area contributed by atoms with Crippen molar-refractivity contribution in [1.29, 1.82) is 5.26 Å². The number of hydrogen-bond donors (Lipinski definition) is 1. The molecule has 0 aromatic rings. The smallest absolute Gasteiger partial charge is 0.408 e. The van der Waals surface area contributed by atoms with Crippen LogP contribution in [0.3, 0.4) is 0 Å². The Hall–Kier alpha value is -2.03. The molecule has 4 atom stereocenters. The van der Waals surface area contributed by atoms with Crippen molar-refractivity contribution in [2.75, 3.05) is 0 Å². The maximum Gasteiger partial charge on any atom is 0.408 e. The lowest BCUT2D eigenvalue weighted by Gasteiger charge is -2.46. The SMILES string of the molecule is C=CC1([C@H](NC(=O)OC(C)(C)C)C(=O)N2C(C)[C@@H](C)C[C@H]2C#N)CCC1. The van der Waals surface area contributed by atoms with E-state index in [2.05, 4.69) is 18.0 Å². The summed E-state index contributed by atoms with van der Waals surface area (Å²) >= 11 is 0. The van der Waals surface area contributed by atoms with Crippen LogP contribution >= 0.6 is 0 Å². The topological polar surface area (TPSA) is 82.4 Å². The van der Waals surface area contributed by atoms with Crippen LogP contribution in [0.2, 0.25) is 0 Å². The fourth-order valence-electron chi connectivity index (χ4n) is 3.91. The molecule has 6 nitrogen and oxygen atoms in total. The average molecular weight is 361 g/mol. The van der Waals surface area contributed by atoms with Gasteiger partial charge >= 0.3 is 6.09 Å². The van der Waals surface area contributed by atoms with Gasteiger partial charge in [0.25, 0.3) is 0 Å². The molecule has 6 heteroatoms. The number of rotatable bonds is 4. The summed E-state index contributed by atoms with van der Waals surface area (Å²) < 4.78 is 5.37. The van der Waals surface area contributed by atoms with E-state index in [1.807, 2.05) is 13.8 Å². The van der Waals surface area contributed by atoms with E-state index in [9.17, 15) is 14.9 Å². The molecule has 1 aliphatic carbocycles. The van der Waals surface area contributed by atoms with Gasteiger partial charge in [-0.2, -0.15) is 5.26 Å². The second-order valence-electron chi connectivity index (χ2n) is 8.71. The second kappa shape index (κ2) is 7.30. The summed E-state index contributed by atoms with van der Waals surface area (Å²) in [5, 5.41) is 12.3. The molecule has 2 aliphatic rings. The maximum atomic E-state index is 13.4. The largest absolute Gasteiger partial charge is 0.444 e. The predicted octanol–water partition coefficient (Wildman–Crippen LogP) is 3.39. The van der Waals surface area contributed by atoms with E-state index in [4.69, 9.17) is 4.74 Å². The van der Waals surface area contributed by atoms with E-state index in [1.165, 1.54) is 0 Å². The molecular formula is C20H31N3O3. The van der Waals surface area contributed by atoms with Gasteiger partial charge in [-0.05, 0) is 52.9 Å². The third-order valence-corrected chi connectivity index (χ3v) is 5.77. The molecule has 1 heterocycles. The van der Waals surface area contributed by atoms with Gasteiger partial charge in [0, 0.05) is 11.5 Å². The van der Waals surface area contributed by atoms with Gasteiger partial charge < -0.3 is 15.0 Å². The minimum atomic E-state index is -0.757. The summed E-state index contributed by atoms with van der Waals surface area (Å²) in [4.78, 5) is 27.5. The van der Waals surface area contributed by atoms with Crippen LogP contribution in [0.25, 0.3) is 0 Å². The van der Waals surface area contributed by atoms with Gasteiger partial charge in [0.2, 0.25) is 5.91 Å². The zero-order valence-corrected chi connectivity index (χ0v) is 16.5. The molecule has 0 aromatic carbocycles. The summed E-state index contributed by atoms with van der Waals surface area (Å²) in [7, 11) is 0. The number of nitrogens with zero attached hydrogens (tertiary/aromatic N) is 2. The van der Waals surface area contributed by atoms with Crippen molar-refractivity contribution >= 4 is 12.0 Å². The van der Waals surface area contributed by atoms with Gasteiger partial charge in [0.15, 0.2) is 0 Å². The molecule has 2 rings (SSSR count). The molecule has 1 saturated heterocycles. The van der Waals surface area contributed by atoms with Gasteiger partial charge in [0.1, 0.15) is 17.7 Å². The van der Waals surface area contributed by atoms with E-state index in [0.717, 1.165) is 19.3 Å². The molecule has 144 valence electrons. The van der Waals surface area contributed by atoms with Crippen molar-refractivity contribution in [2.24, 2.45) is 11.3 Å². The molecule has 1 saturated carbocycles. The third-order valence-electron chi connectivity index (χ3n) is 5.77. The number of ether oxygens (including phenoxy) is 1. The summed E-state index contributed by atoms with van der Waals surface area (Å²) in [6, 6.07) is 0.981. The average Bonchev–Trinajstić information content (AvgIpc) is 2.78. The molecule has 0 radical (unpaired) electrons. The Morgan fingerprint density at radius 2 is 2.00 bits per heavy atom. The minimum Gasteiger partial charge on any atom is -0.444 e. The number of nitrogens with one attached hydrogen (secondary N) is 1. The zero-order chi connectivity index (χ0) is 19.7. The number of alkyl carbamates (subject to hydrolysis) is 1. The number of carbonyl (C=O) groups is 2. The Kier molecular flexibility index (Phi) is 5.70. The van der Waals surface area contributed by atoms with Gasteiger partial charge in [-0.25, -0.2) is 4.79 Å². The number of nitriles is 1. The van der Waals surface area contributed by atoms with Crippen molar-refractivity contribution in [3.63, 3.8) is 0 Å². The highest BCUT2D eigenvalue weighted by Gasteiger charge is 2.51. The zero-order valence-electron chi connectivity index (χ0n) is 16.5. The van der Waals surface area contributed by atoms with Gasteiger partial charge in [-0.3, -0.25) is 4.79 Å². The highest BCUT2D eigenvalue weighted by Crippen LogP contribution is 2.46. The van der Waals surface area contributed by atoms with Crippen LogP contribution in [-0.4, -0.2) is 40.6 Å². The molecule has 2 fully saturated rings. The normalized spacial score (nSPS) is 28.5. The standard InChI is InChI=1S/C20H31N3O3/c1-7-20(9-8-10-20)16(22-18(25)26-19(4,5)6)17(24)23-14(3)13(2)11-15(23)12-21/h7,13-16H,1,8-11H2,2-6H3,(H,22,25)/t13-,14?,15-,16+/m0/s1. The first-order chi connectivity index (χ1) is 12.0. The first kappa shape index (κ1) is 20.3. The summed E-state index contributed by atoms with van der Waals surface area (Å²) in [6.07, 6.45) is 4.39. The van der Waals surface area contributed by atoms with Crippen LogP contribution in [0.4, 0.5) is 4.79 Å². The number of likely N-dealkylation sites (tertiary alicyclic amines) is 1. The second-order valence-corrected chi connectivity index (χ2v) is 8.71. The van der Waals surface area contributed by atoms with E-state index >= 15 is 0 Å². The third kappa shape index (κ3) is 3.87. The lowest BCUT2D eigenvalue weighted by Crippen LogP contribution is -2.61. The van der Waals surface area contributed by atoms with E-state index in [1.54, 1.807) is 31.7 Å². The van der Waals surface area contributed by atoms with Crippen molar-refractivity contribution in [1.82, 2.24) is 10.2 Å². The molecule has 0 bridgehead atoms. The highest BCUT2D eigenvalue weighted by molar-refractivity contribution is 5.88.